The second kappa shape index (κ2) is 32.4. The molecule has 72 heavy (non-hydrogen) atoms. The Hall–Kier alpha value is -5.66. The van der Waals surface area contributed by atoms with E-state index >= 15 is 4.39 Å². The van der Waals surface area contributed by atoms with Crippen LogP contribution in [0.3, 0.4) is 0 Å². The Morgan fingerprint density at radius 1 is 0.917 bits per heavy atom. The van der Waals surface area contributed by atoms with Gasteiger partial charge < -0.3 is 30.7 Å². The Morgan fingerprint density at radius 3 is 2.22 bits per heavy atom. The molecule has 0 aliphatic carbocycles. The van der Waals surface area contributed by atoms with Crippen molar-refractivity contribution in [2.75, 3.05) is 83.7 Å². The monoisotopic (exact) mass is 995 g/mol. The molecule has 5 rings (SSSR count). The third kappa shape index (κ3) is 19.1. The summed E-state index contributed by atoms with van der Waals surface area (Å²) in [6.07, 6.45) is 20.6. The van der Waals surface area contributed by atoms with Crippen LogP contribution < -0.4 is 20.9 Å². The number of hydrogen-bond acceptors (Lipinski definition) is 9. The molecular weight excluding hydrogens is 907 g/mol. The lowest BCUT2D eigenvalue weighted by Crippen LogP contribution is -2.42. The topological polar surface area (TPSA) is 113 Å². The number of anilines is 2. The second-order valence-electron chi connectivity index (χ2n) is 19.0. The summed E-state index contributed by atoms with van der Waals surface area (Å²) < 4.78 is 29.2. The Balaban J connectivity index is 0.000000573. The molecule has 1 aromatic heterocycles. The molecule has 2 fully saturated rings. The minimum absolute atomic E-state index is 0.0350. The number of nitrogens with zero attached hydrogens (tertiary/aromatic N) is 5. The molecule has 3 aromatic rings. The number of aldehydes is 1. The zero-order valence-corrected chi connectivity index (χ0v) is 45.7. The number of nitrogens with one attached hydrogen (secondary N) is 3. The van der Waals surface area contributed by atoms with E-state index < -0.39 is 0 Å². The average molecular weight is 995 g/mol. The maximum Gasteiger partial charge on any atom is 0.253 e. The lowest BCUT2D eigenvalue weighted by Gasteiger charge is -2.35. The summed E-state index contributed by atoms with van der Waals surface area (Å²) in [6.45, 7) is 27.5. The Labute approximate surface area is 432 Å². The molecule has 396 valence electrons. The van der Waals surface area contributed by atoms with Gasteiger partial charge in [0.15, 0.2) is 0 Å². The number of benzene rings is 2. The molecule has 2 aliphatic rings. The van der Waals surface area contributed by atoms with E-state index in [2.05, 4.69) is 64.2 Å². The molecule has 1 atom stereocenters. The van der Waals surface area contributed by atoms with E-state index in [4.69, 9.17) is 0 Å². The number of allylic oxidation sites excluding steroid dienone is 3. The average Bonchev–Trinajstić information content (AvgIpc) is 3.38. The van der Waals surface area contributed by atoms with Crippen LogP contribution in [0.4, 0.5) is 20.2 Å². The number of carbonyl (C=O) groups excluding carboxylic acids is 3. The predicted molar refractivity (Wildman–Crippen MR) is 297 cm³/mol. The maximum atomic E-state index is 15.8. The number of rotatable bonds is 23. The van der Waals surface area contributed by atoms with Gasteiger partial charge in [0.1, 0.15) is 24.0 Å². The van der Waals surface area contributed by atoms with Crippen LogP contribution in [-0.2, 0) is 9.59 Å². The molecular formula is C59H88F2N8O3. The van der Waals surface area contributed by atoms with Crippen LogP contribution in [-0.4, -0.2) is 117 Å². The molecule has 0 spiro atoms. The van der Waals surface area contributed by atoms with E-state index in [0.717, 1.165) is 125 Å². The van der Waals surface area contributed by atoms with Crippen LogP contribution in [0.25, 0.3) is 6.08 Å². The predicted octanol–water partition coefficient (Wildman–Crippen LogP) is 11.4. The van der Waals surface area contributed by atoms with Crippen molar-refractivity contribution in [2.24, 2.45) is 5.92 Å². The van der Waals surface area contributed by atoms with Gasteiger partial charge in [0.05, 0.1) is 5.69 Å². The van der Waals surface area contributed by atoms with Crippen LogP contribution in [0.5, 0.6) is 0 Å². The maximum absolute atomic E-state index is 15.8. The first-order chi connectivity index (χ1) is 34.7. The summed E-state index contributed by atoms with van der Waals surface area (Å²) in [6, 6.07) is 9.90. The first kappa shape index (κ1) is 60.6. The van der Waals surface area contributed by atoms with E-state index in [1.54, 1.807) is 39.2 Å². The number of hydrogen-bond donors (Lipinski definition) is 3. The third-order valence-electron chi connectivity index (χ3n) is 13.5. The Kier molecular flexibility index (Phi) is 27.3. The second-order valence-corrected chi connectivity index (χ2v) is 19.0. The van der Waals surface area contributed by atoms with E-state index in [1.165, 1.54) is 43.0 Å². The van der Waals surface area contributed by atoms with Crippen molar-refractivity contribution >= 4 is 35.6 Å². The van der Waals surface area contributed by atoms with Crippen molar-refractivity contribution in [3.05, 3.63) is 130 Å². The molecule has 1 unspecified atom stereocenters. The molecule has 3 heterocycles. The number of aryl methyl sites for hydroxylation is 3. The van der Waals surface area contributed by atoms with Crippen molar-refractivity contribution < 1.29 is 23.2 Å². The summed E-state index contributed by atoms with van der Waals surface area (Å²) in [5, 5.41) is 8.64. The van der Waals surface area contributed by atoms with Crippen LogP contribution in [0, 0.1) is 38.3 Å². The Morgan fingerprint density at radius 2 is 1.62 bits per heavy atom. The van der Waals surface area contributed by atoms with Gasteiger partial charge in [-0.05, 0) is 170 Å². The highest BCUT2D eigenvalue weighted by Crippen LogP contribution is 2.34. The fourth-order valence-corrected chi connectivity index (χ4v) is 9.51. The van der Waals surface area contributed by atoms with Gasteiger partial charge in [0.2, 0.25) is 5.91 Å². The number of carbonyl (C=O) groups is 3. The van der Waals surface area contributed by atoms with Crippen molar-refractivity contribution in [3.8, 4) is 0 Å². The van der Waals surface area contributed by atoms with Crippen LogP contribution in [0.1, 0.15) is 137 Å². The third-order valence-corrected chi connectivity index (χ3v) is 13.5. The molecule has 2 saturated heterocycles. The summed E-state index contributed by atoms with van der Waals surface area (Å²) in [5.74, 6) is 0.0992. The highest BCUT2D eigenvalue weighted by Gasteiger charge is 2.29. The van der Waals surface area contributed by atoms with Gasteiger partial charge in [0, 0.05) is 94.0 Å². The van der Waals surface area contributed by atoms with Crippen molar-refractivity contribution in [2.45, 2.75) is 125 Å². The minimum atomic E-state index is -0.380. The quantitative estimate of drug-likeness (QED) is 0.0370. The van der Waals surface area contributed by atoms with Gasteiger partial charge in [-0.2, -0.15) is 0 Å². The van der Waals surface area contributed by atoms with E-state index in [1.807, 2.05) is 75.1 Å². The number of pyridine rings is 1. The number of amides is 2. The van der Waals surface area contributed by atoms with Crippen LogP contribution in [0.2, 0.25) is 0 Å². The molecule has 2 aliphatic heterocycles. The molecule has 3 N–H and O–H groups in total. The van der Waals surface area contributed by atoms with Crippen LogP contribution in [0.15, 0.2) is 84.9 Å². The van der Waals surface area contributed by atoms with Crippen molar-refractivity contribution in [3.63, 3.8) is 0 Å². The van der Waals surface area contributed by atoms with Gasteiger partial charge in [-0.15, -0.1) is 6.58 Å². The van der Waals surface area contributed by atoms with Gasteiger partial charge in [0.25, 0.3) is 5.91 Å². The van der Waals surface area contributed by atoms with E-state index in [-0.39, 0.29) is 35.4 Å². The lowest BCUT2D eigenvalue weighted by molar-refractivity contribution is -0.121. The van der Waals surface area contributed by atoms with Gasteiger partial charge in [-0.25, -0.2) is 8.78 Å². The summed E-state index contributed by atoms with van der Waals surface area (Å²) in [4.78, 5) is 49.7. The summed E-state index contributed by atoms with van der Waals surface area (Å²) in [7, 11) is 5.36. The summed E-state index contributed by atoms with van der Waals surface area (Å²) >= 11 is 0. The first-order valence-electron chi connectivity index (χ1n) is 26.4. The minimum Gasteiger partial charge on any atom is -0.388 e. The zero-order valence-electron chi connectivity index (χ0n) is 45.7. The smallest absolute Gasteiger partial charge is 0.253 e. The van der Waals surface area contributed by atoms with Crippen molar-refractivity contribution in [1.82, 2.24) is 30.3 Å². The molecule has 0 radical (unpaired) electrons. The van der Waals surface area contributed by atoms with E-state index in [9.17, 15) is 18.8 Å². The normalized spacial score (nSPS) is 15.3. The number of likely N-dealkylation sites (N-methyl/N-ethyl adjacent to an activating group) is 2. The molecule has 2 aromatic carbocycles. The highest BCUT2D eigenvalue weighted by atomic mass is 19.1. The molecule has 0 saturated carbocycles. The standard InChI is InChI=1S/C43H63FN6O2.C14H19FN2O.C2H6/c1-8-10-20-48(19-9-2)31-35-12-24-50(25-13-35)43(52)37-28-33(4)42(40(44)29-37)36-14-22-49(23-15-36)30-32(3)27-39-34(5)46-18-11-41(39)47(7)21-16-38(45-6)17-26-51;1-4-5-6-13(14(18)16-3)17-11-8-7-10(2)12(15)9-11;1-2/h11,16-18,21,26-29,35-36,45H,8-10,12-15,19-20,22-25,30-31H2,1-7H3;4,7-9,13,17H,1,5-6H2,2-3H3,(H,16,18);1-2H3/b21-16-,32-27+,38-17+;;. The molecule has 0 bridgehead atoms. The van der Waals surface area contributed by atoms with Gasteiger partial charge >= 0.3 is 0 Å². The lowest BCUT2D eigenvalue weighted by atomic mass is 9.85. The zero-order chi connectivity index (χ0) is 53.2. The first-order valence-corrected chi connectivity index (χ1v) is 26.4. The van der Waals surface area contributed by atoms with E-state index in [0.29, 0.717) is 29.2 Å². The number of unbranched alkanes of at least 4 members (excludes halogenated alkanes) is 1. The number of halogens is 2. The highest BCUT2D eigenvalue weighted by molar-refractivity contribution is 5.94. The number of piperidine rings is 2. The van der Waals surface area contributed by atoms with Crippen molar-refractivity contribution in [1.29, 1.82) is 0 Å². The molecule has 2 amide bonds. The van der Waals surface area contributed by atoms with Gasteiger partial charge in [-0.3, -0.25) is 24.3 Å². The number of likely N-dealkylation sites (tertiary alicyclic amines) is 2. The fraction of sp³-hybridized carbons (Fsp3) is 0.525. The molecule has 13 heteroatoms. The molecule has 11 nitrogen and oxygen atoms in total. The largest absolute Gasteiger partial charge is 0.388 e. The van der Waals surface area contributed by atoms with Gasteiger partial charge in [-0.1, -0.05) is 57.9 Å². The fourth-order valence-electron chi connectivity index (χ4n) is 9.51. The van der Waals surface area contributed by atoms with Crippen LogP contribution >= 0.6 is 0 Å². The Bertz CT molecular complexity index is 2240. The number of aromatic nitrogens is 1. The summed E-state index contributed by atoms with van der Waals surface area (Å²) in [5.41, 5.74) is 8.33. The SMILES string of the molecule is C=CCCC(Nc1ccc(C)c(F)c1)C(=O)NC.CC.CCCCN(CCC)CC1CCN(C(=O)c2cc(C)c(C3CCN(C/C(C)=C/c4c(N(C)/C=C\C(=C/C=O)NC)ccnc4C)CC3)c(F)c2)CC1.